The molecule has 0 aromatic carbocycles. The first-order valence-corrected chi connectivity index (χ1v) is 6.97. The molecule has 2 rings (SSSR count). The van der Waals surface area contributed by atoms with Gasteiger partial charge in [-0.05, 0) is 43.2 Å². The first-order chi connectivity index (χ1) is 9.25. The van der Waals surface area contributed by atoms with Crippen molar-refractivity contribution in [1.29, 1.82) is 0 Å². The molecule has 1 amide bonds. The Balaban J connectivity index is 1.57. The van der Waals surface area contributed by atoms with Crippen molar-refractivity contribution in [2.45, 2.75) is 45.2 Å². The van der Waals surface area contributed by atoms with Gasteiger partial charge in [-0.1, -0.05) is 6.42 Å². The molecule has 0 saturated carbocycles. The molecular weight excluding hydrogens is 244 g/mol. The van der Waals surface area contributed by atoms with Gasteiger partial charge < -0.3 is 10.2 Å². The summed E-state index contributed by atoms with van der Waals surface area (Å²) in [6.45, 7) is 5.44. The van der Waals surface area contributed by atoms with Gasteiger partial charge >= 0.3 is 0 Å². The number of nitrogens with one attached hydrogen (secondary N) is 1. The summed E-state index contributed by atoms with van der Waals surface area (Å²) in [5, 5.41) is 13.5. The Bertz CT molecular complexity index is 380. The van der Waals surface area contributed by atoms with Crippen molar-refractivity contribution in [2.75, 3.05) is 19.6 Å². The number of piperidine rings is 1. The van der Waals surface area contributed by atoms with Crippen LogP contribution in [0.1, 0.15) is 32.6 Å². The van der Waals surface area contributed by atoms with Crippen LogP contribution in [0.4, 0.5) is 0 Å². The maximum Gasteiger partial charge on any atom is 0.241 e. The molecule has 106 valence electrons. The highest BCUT2D eigenvalue weighted by Gasteiger charge is 2.17. The van der Waals surface area contributed by atoms with E-state index < -0.39 is 0 Å². The number of aromatic nitrogens is 4. The molecule has 0 aliphatic carbocycles. The third-order valence-corrected chi connectivity index (χ3v) is 3.58. The molecule has 0 radical (unpaired) electrons. The molecular formula is C12H22N6O. The summed E-state index contributed by atoms with van der Waals surface area (Å²) in [5.41, 5.74) is 0. The topological polar surface area (TPSA) is 75.9 Å². The van der Waals surface area contributed by atoms with E-state index in [0.717, 1.165) is 13.0 Å². The van der Waals surface area contributed by atoms with Crippen LogP contribution in [0.25, 0.3) is 0 Å². The van der Waals surface area contributed by atoms with Crippen LogP contribution in [0.5, 0.6) is 0 Å². The van der Waals surface area contributed by atoms with Crippen LogP contribution in [0.2, 0.25) is 0 Å². The molecule has 19 heavy (non-hydrogen) atoms. The highest BCUT2D eigenvalue weighted by atomic mass is 16.2. The van der Waals surface area contributed by atoms with Gasteiger partial charge in [0.05, 0.1) is 0 Å². The van der Waals surface area contributed by atoms with E-state index >= 15 is 0 Å². The van der Waals surface area contributed by atoms with Crippen molar-refractivity contribution < 1.29 is 4.79 Å². The molecule has 0 bridgehead atoms. The van der Waals surface area contributed by atoms with Crippen LogP contribution in [0, 0.1) is 0 Å². The summed E-state index contributed by atoms with van der Waals surface area (Å²) in [5.74, 6) is -0.0426. The van der Waals surface area contributed by atoms with E-state index in [0.29, 0.717) is 12.6 Å². The van der Waals surface area contributed by atoms with E-state index in [1.807, 2.05) is 0 Å². The maximum atomic E-state index is 11.6. The lowest BCUT2D eigenvalue weighted by Gasteiger charge is -2.33. The number of hydrogen-bond acceptors (Lipinski definition) is 5. The van der Waals surface area contributed by atoms with Crippen molar-refractivity contribution in [2.24, 2.45) is 0 Å². The minimum atomic E-state index is -0.0426. The molecule has 1 aliphatic heterocycles. The SMILES string of the molecule is C[C@H]1CCCCN1CCCNC(=O)Cn1cnnn1. The molecule has 1 saturated heterocycles. The van der Waals surface area contributed by atoms with Crippen LogP contribution >= 0.6 is 0 Å². The Kier molecular flexibility index (Phi) is 5.26. The van der Waals surface area contributed by atoms with Gasteiger partial charge in [0.25, 0.3) is 0 Å². The lowest BCUT2D eigenvalue weighted by atomic mass is 10.0. The fraction of sp³-hybridized carbons (Fsp3) is 0.833. The third kappa shape index (κ3) is 4.59. The van der Waals surface area contributed by atoms with Crippen LogP contribution in [-0.4, -0.2) is 56.7 Å². The summed E-state index contributed by atoms with van der Waals surface area (Å²) >= 11 is 0. The predicted molar refractivity (Wildman–Crippen MR) is 70.3 cm³/mol. The number of nitrogens with zero attached hydrogens (tertiary/aromatic N) is 5. The lowest BCUT2D eigenvalue weighted by molar-refractivity contribution is -0.121. The van der Waals surface area contributed by atoms with Gasteiger partial charge in [0.2, 0.25) is 5.91 Å². The van der Waals surface area contributed by atoms with Gasteiger partial charge in [0.15, 0.2) is 0 Å². The molecule has 1 fully saturated rings. The highest BCUT2D eigenvalue weighted by molar-refractivity contribution is 5.75. The zero-order chi connectivity index (χ0) is 13.5. The van der Waals surface area contributed by atoms with Crippen molar-refractivity contribution in [3.8, 4) is 0 Å². The van der Waals surface area contributed by atoms with Crippen LogP contribution < -0.4 is 5.32 Å². The average Bonchev–Trinajstić information content (AvgIpc) is 2.89. The van der Waals surface area contributed by atoms with E-state index in [-0.39, 0.29) is 12.5 Å². The third-order valence-electron chi connectivity index (χ3n) is 3.58. The average molecular weight is 266 g/mol. The number of carbonyl (C=O) groups is 1. The minimum Gasteiger partial charge on any atom is -0.354 e. The second-order valence-electron chi connectivity index (χ2n) is 5.09. The molecule has 7 heteroatoms. The number of hydrogen-bond donors (Lipinski definition) is 1. The van der Waals surface area contributed by atoms with Crippen molar-refractivity contribution in [1.82, 2.24) is 30.4 Å². The fourth-order valence-electron chi connectivity index (χ4n) is 2.46. The van der Waals surface area contributed by atoms with Crippen molar-refractivity contribution in [3.05, 3.63) is 6.33 Å². The number of likely N-dealkylation sites (tertiary alicyclic amines) is 1. The molecule has 7 nitrogen and oxygen atoms in total. The summed E-state index contributed by atoms with van der Waals surface area (Å²) in [7, 11) is 0. The molecule has 2 heterocycles. The van der Waals surface area contributed by atoms with E-state index in [9.17, 15) is 4.79 Å². The van der Waals surface area contributed by atoms with Gasteiger partial charge in [0.1, 0.15) is 12.9 Å². The zero-order valence-electron chi connectivity index (χ0n) is 11.5. The van der Waals surface area contributed by atoms with Crippen LogP contribution in [0.15, 0.2) is 6.33 Å². The molecule has 0 unspecified atom stereocenters. The van der Waals surface area contributed by atoms with Gasteiger partial charge in [-0.2, -0.15) is 0 Å². The van der Waals surface area contributed by atoms with Gasteiger partial charge in [0, 0.05) is 19.1 Å². The molecule has 1 N–H and O–H groups in total. The highest BCUT2D eigenvalue weighted by Crippen LogP contribution is 2.15. The first kappa shape index (κ1) is 13.9. The Morgan fingerprint density at radius 2 is 2.37 bits per heavy atom. The standard InChI is InChI=1S/C12H22N6O/c1-11-5-2-3-7-17(11)8-4-6-13-12(19)9-18-10-14-15-16-18/h10-11H,2-9H2,1H3,(H,13,19)/t11-/m0/s1. The largest absolute Gasteiger partial charge is 0.354 e. The van der Waals surface area contributed by atoms with Crippen LogP contribution in [0.3, 0.4) is 0 Å². The zero-order valence-corrected chi connectivity index (χ0v) is 11.5. The second-order valence-corrected chi connectivity index (χ2v) is 5.09. The van der Waals surface area contributed by atoms with E-state index in [4.69, 9.17) is 0 Å². The van der Waals surface area contributed by atoms with E-state index in [1.54, 1.807) is 0 Å². The molecule has 1 aliphatic rings. The summed E-state index contributed by atoms with van der Waals surface area (Å²) in [6, 6.07) is 0.686. The normalized spacial score (nSPS) is 20.4. The first-order valence-electron chi connectivity index (χ1n) is 6.97. The molecule has 1 aromatic rings. The van der Waals surface area contributed by atoms with E-state index in [2.05, 4.69) is 32.7 Å². The minimum absolute atomic E-state index is 0.0426. The van der Waals surface area contributed by atoms with Crippen molar-refractivity contribution >= 4 is 5.91 Å². The Morgan fingerprint density at radius 1 is 1.47 bits per heavy atom. The Labute approximate surface area is 113 Å². The maximum absolute atomic E-state index is 11.6. The quantitative estimate of drug-likeness (QED) is 0.737. The fourth-order valence-corrected chi connectivity index (χ4v) is 2.46. The molecule has 1 aromatic heterocycles. The smallest absolute Gasteiger partial charge is 0.241 e. The van der Waals surface area contributed by atoms with E-state index in [1.165, 1.54) is 36.8 Å². The number of rotatable bonds is 6. The molecule has 1 atom stereocenters. The summed E-state index contributed by atoms with van der Waals surface area (Å²) < 4.78 is 1.42. The number of tetrazole rings is 1. The van der Waals surface area contributed by atoms with Gasteiger partial charge in [-0.3, -0.25) is 4.79 Å². The summed E-state index contributed by atoms with van der Waals surface area (Å²) in [6.07, 6.45) is 6.38. The second kappa shape index (κ2) is 7.18. The predicted octanol–water partition coefficient (Wildman–Crippen LogP) is 0.0538. The van der Waals surface area contributed by atoms with Crippen LogP contribution in [-0.2, 0) is 11.3 Å². The van der Waals surface area contributed by atoms with Gasteiger partial charge in [-0.25, -0.2) is 4.68 Å². The van der Waals surface area contributed by atoms with Gasteiger partial charge in [-0.15, -0.1) is 5.10 Å². The Morgan fingerprint density at radius 3 is 3.11 bits per heavy atom. The number of amides is 1. The Hall–Kier alpha value is -1.50. The van der Waals surface area contributed by atoms with Crippen molar-refractivity contribution in [3.63, 3.8) is 0 Å². The lowest BCUT2D eigenvalue weighted by Crippen LogP contribution is -2.39. The number of carbonyl (C=O) groups excluding carboxylic acids is 1. The summed E-state index contributed by atoms with van der Waals surface area (Å²) in [4.78, 5) is 14.1. The monoisotopic (exact) mass is 266 g/mol. The molecule has 0 spiro atoms.